The van der Waals surface area contributed by atoms with E-state index in [0.717, 1.165) is 0 Å². The minimum absolute atomic E-state index is 0.487. The van der Waals surface area contributed by atoms with Crippen LogP contribution in [0.15, 0.2) is 182 Å². The van der Waals surface area contributed by atoms with Gasteiger partial charge in [-0.15, -0.1) is 0 Å². The third-order valence-electron chi connectivity index (χ3n) is 13.2. The molecule has 12 aromatic rings. The van der Waals surface area contributed by atoms with E-state index in [1.807, 2.05) is 0 Å². The van der Waals surface area contributed by atoms with E-state index in [9.17, 15) is 0 Å². The zero-order valence-electron chi connectivity index (χ0n) is 29.7. The van der Waals surface area contributed by atoms with Crippen LogP contribution >= 0.6 is 0 Å². The van der Waals surface area contributed by atoms with Gasteiger partial charge >= 0.3 is 0 Å². The molecule has 0 N–H and O–H groups in total. The third kappa shape index (κ3) is 3.23. The lowest BCUT2D eigenvalue weighted by molar-refractivity contribution is 0.791. The molecular weight excluding hydrogens is 665 g/mol. The van der Waals surface area contributed by atoms with Gasteiger partial charge < -0.3 is 9.13 Å². The van der Waals surface area contributed by atoms with Crippen LogP contribution in [0.25, 0.3) is 98.8 Å². The van der Waals surface area contributed by atoms with Gasteiger partial charge in [-0.25, -0.2) is 0 Å². The number of aromatic nitrogens is 2. The number of nitrogens with zero attached hydrogens (tertiary/aromatic N) is 2. The number of benzene rings is 10. The Morgan fingerprint density at radius 2 is 0.618 bits per heavy atom. The minimum Gasteiger partial charge on any atom is -0.309 e. The van der Waals surface area contributed by atoms with E-state index < -0.39 is 5.41 Å². The van der Waals surface area contributed by atoms with E-state index in [-0.39, 0.29) is 0 Å². The fraction of sp³-hybridized carbons (Fsp3) is 0.0189. The molecule has 2 heteroatoms. The SMILES string of the molecule is c1ccc2c(c1)-c1ccccc1C21c2cc(-n3c4cccc5ccc6cccc3c6c54)ccc2-c2ccc(-n3c4cccc5ccc6cccc3c6c54)cc21. The van der Waals surface area contributed by atoms with Crippen LogP contribution in [0.2, 0.25) is 0 Å². The van der Waals surface area contributed by atoms with Gasteiger partial charge in [-0.3, -0.25) is 0 Å². The lowest BCUT2D eigenvalue weighted by Crippen LogP contribution is -2.26. The van der Waals surface area contributed by atoms with Crippen molar-refractivity contribution in [1.29, 1.82) is 0 Å². The van der Waals surface area contributed by atoms with Crippen LogP contribution in [0.1, 0.15) is 22.3 Å². The smallest absolute Gasteiger partial charge is 0.0727 e. The zero-order valence-corrected chi connectivity index (χ0v) is 29.7. The summed E-state index contributed by atoms with van der Waals surface area (Å²) in [7, 11) is 0. The molecule has 2 aromatic heterocycles. The molecule has 14 rings (SSSR count). The van der Waals surface area contributed by atoms with Crippen molar-refractivity contribution in [3.05, 3.63) is 204 Å². The van der Waals surface area contributed by atoms with Gasteiger partial charge in [0, 0.05) is 32.9 Å². The van der Waals surface area contributed by atoms with Gasteiger partial charge in [-0.1, -0.05) is 133 Å². The summed E-state index contributed by atoms with van der Waals surface area (Å²) in [4.78, 5) is 0. The summed E-state index contributed by atoms with van der Waals surface area (Å²) in [6.07, 6.45) is 0. The van der Waals surface area contributed by atoms with Crippen molar-refractivity contribution in [3.63, 3.8) is 0 Å². The van der Waals surface area contributed by atoms with Crippen molar-refractivity contribution in [1.82, 2.24) is 9.13 Å². The van der Waals surface area contributed by atoms with Crippen LogP contribution in [0.5, 0.6) is 0 Å². The summed E-state index contributed by atoms with van der Waals surface area (Å²) < 4.78 is 5.01. The second-order valence-corrected chi connectivity index (χ2v) is 15.6. The van der Waals surface area contributed by atoms with Crippen molar-refractivity contribution in [2.75, 3.05) is 0 Å². The van der Waals surface area contributed by atoms with E-state index in [1.165, 1.54) is 121 Å². The highest BCUT2D eigenvalue weighted by atomic mass is 15.0. The van der Waals surface area contributed by atoms with Gasteiger partial charge in [-0.2, -0.15) is 0 Å². The Labute approximate surface area is 316 Å². The van der Waals surface area contributed by atoms with Crippen LogP contribution in [0.4, 0.5) is 0 Å². The van der Waals surface area contributed by atoms with Crippen LogP contribution in [0, 0.1) is 0 Å². The van der Waals surface area contributed by atoms with Crippen molar-refractivity contribution in [3.8, 4) is 33.6 Å². The molecule has 0 aliphatic heterocycles. The molecule has 2 nitrogen and oxygen atoms in total. The van der Waals surface area contributed by atoms with Gasteiger partial charge in [0.05, 0.1) is 27.5 Å². The van der Waals surface area contributed by atoms with Crippen LogP contribution in [0.3, 0.4) is 0 Å². The highest BCUT2D eigenvalue weighted by molar-refractivity contribution is 6.25. The van der Waals surface area contributed by atoms with Gasteiger partial charge in [0.2, 0.25) is 0 Å². The number of fused-ring (bicyclic) bond motifs is 10. The first-order chi connectivity index (χ1) is 27.3. The summed E-state index contributed by atoms with van der Waals surface area (Å²) in [6, 6.07) is 68.9. The summed E-state index contributed by atoms with van der Waals surface area (Å²) in [5.74, 6) is 0. The zero-order chi connectivity index (χ0) is 35.6. The molecule has 0 bridgehead atoms. The molecule has 0 fully saturated rings. The molecule has 0 saturated carbocycles. The average Bonchev–Trinajstić information content (AvgIpc) is 3.95. The molecule has 0 atom stereocenters. The molecule has 2 heterocycles. The van der Waals surface area contributed by atoms with E-state index >= 15 is 0 Å². The predicted octanol–water partition coefficient (Wildman–Crippen LogP) is 13.4. The van der Waals surface area contributed by atoms with Gasteiger partial charge in [0.1, 0.15) is 0 Å². The van der Waals surface area contributed by atoms with Crippen LogP contribution in [-0.2, 0) is 5.41 Å². The van der Waals surface area contributed by atoms with Crippen LogP contribution < -0.4 is 0 Å². The monoisotopic (exact) mass is 694 g/mol. The van der Waals surface area contributed by atoms with Crippen molar-refractivity contribution in [2.24, 2.45) is 0 Å². The highest BCUT2D eigenvalue weighted by Crippen LogP contribution is 2.63. The number of hydrogen-bond donors (Lipinski definition) is 0. The Hall–Kier alpha value is -7.16. The summed E-state index contributed by atoms with van der Waals surface area (Å²) >= 11 is 0. The van der Waals surface area contributed by atoms with Crippen LogP contribution in [-0.4, -0.2) is 9.13 Å². The Bertz CT molecular complexity index is 3240. The standard InChI is InChI=1S/C53H30N2/c1-3-15-41-37(13-1)38-14-2-4-16-42(38)53(41)43-29-35(54-45-17-5-9-31-21-22-32-10-6-18-46(54)50(32)49(31)45)25-27-39(43)40-28-26-36(30-44(40)53)55-47-19-7-11-33-23-24-34-12-8-20-48(55)52(34)51(33)47/h1-30H. The lowest BCUT2D eigenvalue weighted by Gasteiger charge is -2.31. The Morgan fingerprint density at radius 3 is 1.00 bits per heavy atom. The maximum atomic E-state index is 2.52. The van der Waals surface area contributed by atoms with E-state index in [2.05, 4.69) is 191 Å². The molecule has 0 unspecified atom stereocenters. The van der Waals surface area contributed by atoms with Crippen molar-refractivity contribution in [2.45, 2.75) is 5.41 Å². The average molecular weight is 695 g/mol. The molecule has 0 saturated heterocycles. The summed E-state index contributed by atoms with van der Waals surface area (Å²) in [5, 5.41) is 10.5. The normalized spacial score (nSPS) is 14.0. The molecule has 10 aromatic carbocycles. The molecule has 1 spiro atoms. The fourth-order valence-corrected chi connectivity index (χ4v) is 11.2. The fourth-order valence-electron chi connectivity index (χ4n) is 11.2. The van der Waals surface area contributed by atoms with E-state index in [4.69, 9.17) is 0 Å². The third-order valence-corrected chi connectivity index (χ3v) is 13.2. The first-order valence-electron chi connectivity index (χ1n) is 19.3. The second kappa shape index (κ2) is 9.68. The predicted molar refractivity (Wildman–Crippen MR) is 229 cm³/mol. The molecule has 55 heavy (non-hydrogen) atoms. The summed E-state index contributed by atoms with van der Waals surface area (Å²) in [6.45, 7) is 0. The molecule has 252 valence electrons. The maximum absolute atomic E-state index is 2.52. The second-order valence-electron chi connectivity index (χ2n) is 15.6. The Balaban J connectivity index is 1.10. The van der Waals surface area contributed by atoms with Gasteiger partial charge in [-0.05, 0) is 115 Å². The first-order valence-corrected chi connectivity index (χ1v) is 19.3. The van der Waals surface area contributed by atoms with E-state index in [0.29, 0.717) is 0 Å². The molecule has 2 aliphatic rings. The molecule has 0 amide bonds. The highest BCUT2D eigenvalue weighted by Gasteiger charge is 2.52. The minimum atomic E-state index is -0.487. The number of hydrogen-bond acceptors (Lipinski definition) is 0. The quantitative estimate of drug-likeness (QED) is 0.159. The Morgan fingerprint density at radius 1 is 0.273 bits per heavy atom. The first kappa shape index (κ1) is 28.4. The van der Waals surface area contributed by atoms with Gasteiger partial charge in [0.25, 0.3) is 0 Å². The van der Waals surface area contributed by atoms with Gasteiger partial charge in [0.15, 0.2) is 0 Å². The maximum Gasteiger partial charge on any atom is 0.0727 e. The molecule has 0 radical (unpaired) electrons. The number of rotatable bonds is 2. The summed E-state index contributed by atoms with van der Waals surface area (Å²) in [5.41, 5.74) is 17.5. The van der Waals surface area contributed by atoms with Crippen molar-refractivity contribution >= 4 is 65.2 Å². The largest absolute Gasteiger partial charge is 0.309 e. The lowest BCUT2D eigenvalue weighted by atomic mass is 9.70. The molecular formula is C53H30N2. The molecule has 2 aliphatic carbocycles. The van der Waals surface area contributed by atoms with E-state index in [1.54, 1.807) is 0 Å². The van der Waals surface area contributed by atoms with Crippen molar-refractivity contribution < 1.29 is 0 Å². The topological polar surface area (TPSA) is 9.86 Å². The Kier molecular flexibility index (Phi) is 4.99.